The van der Waals surface area contributed by atoms with Crippen LogP contribution in [0.2, 0.25) is 10.0 Å². The lowest BCUT2D eigenvalue weighted by Crippen LogP contribution is -2.35. The first-order valence-corrected chi connectivity index (χ1v) is 6.85. The Labute approximate surface area is 117 Å². The third kappa shape index (κ3) is 2.43. The fraction of sp³-hybridized carbons (Fsp3) is 0.462. The lowest BCUT2D eigenvalue weighted by molar-refractivity contribution is 0.0734. The SMILES string of the molecule is CCC1CCCN1C(=O)c1cc(N)cc(Cl)c1Cl. The molecule has 1 aromatic carbocycles. The van der Waals surface area contributed by atoms with Gasteiger partial charge in [0.1, 0.15) is 0 Å². The van der Waals surface area contributed by atoms with Crippen LogP contribution in [-0.2, 0) is 0 Å². The molecule has 1 aliphatic rings. The maximum absolute atomic E-state index is 12.5. The van der Waals surface area contributed by atoms with Crippen LogP contribution in [0.3, 0.4) is 0 Å². The molecule has 0 aliphatic carbocycles. The molecule has 1 amide bonds. The first kappa shape index (κ1) is 13.5. The molecule has 0 aromatic heterocycles. The van der Waals surface area contributed by atoms with Gasteiger partial charge in [0.05, 0.1) is 15.6 Å². The maximum atomic E-state index is 12.5. The molecule has 18 heavy (non-hydrogen) atoms. The van der Waals surface area contributed by atoms with E-state index in [-0.39, 0.29) is 10.9 Å². The number of hydrogen-bond donors (Lipinski definition) is 1. The average Bonchev–Trinajstić information content (AvgIpc) is 2.81. The van der Waals surface area contributed by atoms with Gasteiger partial charge in [-0.2, -0.15) is 0 Å². The highest BCUT2D eigenvalue weighted by molar-refractivity contribution is 6.44. The minimum Gasteiger partial charge on any atom is -0.399 e. The topological polar surface area (TPSA) is 46.3 Å². The van der Waals surface area contributed by atoms with Crippen molar-refractivity contribution in [3.63, 3.8) is 0 Å². The number of benzene rings is 1. The van der Waals surface area contributed by atoms with Crippen molar-refractivity contribution >= 4 is 34.8 Å². The van der Waals surface area contributed by atoms with Crippen LogP contribution in [0.25, 0.3) is 0 Å². The molecule has 1 unspecified atom stereocenters. The summed E-state index contributed by atoms with van der Waals surface area (Å²) in [5.41, 5.74) is 6.58. The minimum atomic E-state index is -0.0708. The van der Waals surface area contributed by atoms with Crippen LogP contribution in [0.1, 0.15) is 36.5 Å². The summed E-state index contributed by atoms with van der Waals surface area (Å²) in [5, 5.41) is 0.616. The molecule has 1 fully saturated rings. The minimum absolute atomic E-state index is 0.0708. The molecule has 5 heteroatoms. The van der Waals surface area contributed by atoms with E-state index in [1.54, 1.807) is 12.1 Å². The summed E-state index contributed by atoms with van der Waals surface area (Å²) in [4.78, 5) is 14.3. The van der Waals surface area contributed by atoms with Crippen LogP contribution in [0, 0.1) is 0 Å². The van der Waals surface area contributed by atoms with Gasteiger partial charge in [-0.1, -0.05) is 30.1 Å². The molecule has 98 valence electrons. The van der Waals surface area contributed by atoms with E-state index in [1.165, 1.54) is 0 Å². The number of carbonyl (C=O) groups is 1. The lowest BCUT2D eigenvalue weighted by Gasteiger charge is -2.24. The van der Waals surface area contributed by atoms with Crippen LogP contribution in [0.4, 0.5) is 5.69 Å². The molecule has 1 aromatic rings. The number of halogens is 2. The van der Waals surface area contributed by atoms with Crippen molar-refractivity contribution in [1.82, 2.24) is 4.90 Å². The molecule has 1 aliphatic heterocycles. The molecule has 1 heterocycles. The highest BCUT2D eigenvalue weighted by Gasteiger charge is 2.29. The number of anilines is 1. The molecule has 0 bridgehead atoms. The normalized spacial score (nSPS) is 19.3. The average molecular weight is 287 g/mol. The van der Waals surface area contributed by atoms with E-state index in [4.69, 9.17) is 28.9 Å². The monoisotopic (exact) mass is 286 g/mol. The van der Waals surface area contributed by atoms with Crippen molar-refractivity contribution in [1.29, 1.82) is 0 Å². The maximum Gasteiger partial charge on any atom is 0.255 e. The predicted octanol–water partition coefficient (Wildman–Crippen LogP) is 3.59. The highest BCUT2D eigenvalue weighted by atomic mass is 35.5. The number of nitrogens with two attached hydrogens (primary N) is 1. The van der Waals surface area contributed by atoms with Gasteiger partial charge in [-0.25, -0.2) is 0 Å². The zero-order valence-corrected chi connectivity index (χ0v) is 11.8. The molecule has 2 N–H and O–H groups in total. The molecular formula is C13H16Cl2N2O. The highest BCUT2D eigenvalue weighted by Crippen LogP contribution is 2.31. The lowest BCUT2D eigenvalue weighted by atomic mass is 10.1. The number of hydrogen-bond acceptors (Lipinski definition) is 2. The largest absolute Gasteiger partial charge is 0.399 e. The second-order valence-corrected chi connectivity index (χ2v) is 5.35. The Balaban J connectivity index is 2.34. The molecule has 0 radical (unpaired) electrons. The summed E-state index contributed by atoms with van der Waals surface area (Å²) in [6.45, 7) is 2.87. The van der Waals surface area contributed by atoms with Crippen molar-refractivity contribution in [3.8, 4) is 0 Å². The second kappa shape index (κ2) is 5.37. The van der Waals surface area contributed by atoms with Gasteiger partial charge in [0, 0.05) is 18.3 Å². The van der Waals surface area contributed by atoms with Crippen molar-refractivity contribution in [2.75, 3.05) is 12.3 Å². The van der Waals surface area contributed by atoms with Crippen molar-refractivity contribution in [2.45, 2.75) is 32.2 Å². The number of rotatable bonds is 2. The van der Waals surface area contributed by atoms with E-state index in [0.717, 1.165) is 25.8 Å². The number of carbonyl (C=O) groups excluding carboxylic acids is 1. The Morgan fingerprint density at radius 3 is 2.89 bits per heavy atom. The Hall–Kier alpha value is -0.930. The summed E-state index contributed by atoms with van der Waals surface area (Å²) >= 11 is 12.1. The smallest absolute Gasteiger partial charge is 0.255 e. The molecule has 0 saturated carbocycles. The van der Waals surface area contributed by atoms with E-state index in [1.807, 2.05) is 4.90 Å². The Kier molecular flexibility index (Phi) is 4.03. The summed E-state index contributed by atoms with van der Waals surface area (Å²) in [7, 11) is 0. The summed E-state index contributed by atoms with van der Waals surface area (Å²) in [5.74, 6) is -0.0708. The van der Waals surface area contributed by atoms with Crippen molar-refractivity contribution in [3.05, 3.63) is 27.7 Å². The second-order valence-electron chi connectivity index (χ2n) is 4.57. The first-order chi connectivity index (χ1) is 8.54. The van der Waals surface area contributed by atoms with Crippen LogP contribution in [0.5, 0.6) is 0 Å². The Bertz CT molecular complexity index is 476. The van der Waals surface area contributed by atoms with Gasteiger partial charge >= 0.3 is 0 Å². The molecule has 2 rings (SSSR count). The fourth-order valence-corrected chi connectivity index (χ4v) is 2.87. The van der Waals surface area contributed by atoms with Gasteiger partial charge in [-0.05, 0) is 31.4 Å². The Morgan fingerprint density at radius 2 is 2.22 bits per heavy atom. The zero-order chi connectivity index (χ0) is 13.3. The summed E-state index contributed by atoms with van der Waals surface area (Å²) in [6.07, 6.45) is 3.05. The fourth-order valence-electron chi connectivity index (χ4n) is 2.45. The van der Waals surface area contributed by atoms with E-state index in [9.17, 15) is 4.79 Å². The van der Waals surface area contributed by atoms with Gasteiger partial charge in [-0.15, -0.1) is 0 Å². The van der Waals surface area contributed by atoms with Crippen LogP contribution in [0.15, 0.2) is 12.1 Å². The molecule has 0 spiro atoms. The van der Waals surface area contributed by atoms with Gasteiger partial charge in [-0.3, -0.25) is 4.79 Å². The summed E-state index contributed by atoms with van der Waals surface area (Å²) in [6, 6.07) is 3.46. The molecule has 3 nitrogen and oxygen atoms in total. The number of nitrogens with zero attached hydrogens (tertiary/aromatic N) is 1. The van der Waals surface area contributed by atoms with Crippen LogP contribution < -0.4 is 5.73 Å². The zero-order valence-electron chi connectivity index (χ0n) is 10.2. The van der Waals surface area contributed by atoms with E-state index < -0.39 is 0 Å². The first-order valence-electron chi connectivity index (χ1n) is 6.10. The van der Waals surface area contributed by atoms with E-state index >= 15 is 0 Å². The molecular weight excluding hydrogens is 271 g/mol. The van der Waals surface area contributed by atoms with Gasteiger partial charge in [0.2, 0.25) is 0 Å². The number of likely N-dealkylation sites (tertiary alicyclic amines) is 1. The third-order valence-electron chi connectivity index (χ3n) is 3.39. The standard InChI is InChI=1S/C13H16Cl2N2O/c1-2-9-4-3-5-17(9)13(18)10-6-8(16)7-11(14)12(10)15/h6-7,9H,2-5,16H2,1H3. The number of nitrogen functional groups attached to an aromatic ring is 1. The molecule has 1 atom stereocenters. The van der Waals surface area contributed by atoms with Gasteiger partial charge < -0.3 is 10.6 Å². The predicted molar refractivity (Wildman–Crippen MR) is 75.2 cm³/mol. The van der Waals surface area contributed by atoms with Crippen LogP contribution in [-0.4, -0.2) is 23.4 Å². The number of amides is 1. The van der Waals surface area contributed by atoms with E-state index in [0.29, 0.717) is 22.3 Å². The van der Waals surface area contributed by atoms with Gasteiger partial charge in [0.25, 0.3) is 5.91 Å². The van der Waals surface area contributed by atoms with E-state index in [2.05, 4.69) is 6.92 Å². The van der Waals surface area contributed by atoms with Crippen molar-refractivity contribution in [2.24, 2.45) is 0 Å². The van der Waals surface area contributed by atoms with Gasteiger partial charge in [0.15, 0.2) is 0 Å². The Morgan fingerprint density at radius 1 is 1.50 bits per heavy atom. The quantitative estimate of drug-likeness (QED) is 0.845. The van der Waals surface area contributed by atoms with Crippen molar-refractivity contribution < 1.29 is 4.79 Å². The van der Waals surface area contributed by atoms with Crippen LogP contribution >= 0.6 is 23.2 Å². The summed E-state index contributed by atoms with van der Waals surface area (Å²) < 4.78 is 0. The molecule has 1 saturated heterocycles. The third-order valence-corrected chi connectivity index (χ3v) is 4.19.